The van der Waals surface area contributed by atoms with Crippen molar-refractivity contribution in [3.05, 3.63) is 59.7 Å². The molecule has 0 aromatic carbocycles. The van der Waals surface area contributed by atoms with Gasteiger partial charge in [0.2, 0.25) is 0 Å². The molecule has 0 aliphatic rings. The highest BCUT2D eigenvalue weighted by atomic mass is 14.7. The predicted molar refractivity (Wildman–Crippen MR) is 73.2 cm³/mol. The van der Waals surface area contributed by atoms with Gasteiger partial charge in [-0.1, -0.05) is 19.1 Å². The highest BCUT2D eigenvalue weighted by Gasteiger charge is 2.07. The van der Waals surface area contributed by atoms with Crippen LogP contribution >= 0.6 is 0 Å². The summed E-state index contributed by atoms with van der Waals surface area (Å²) in [6.07, 6.45) is 6.34. The molecular weight excluding hydrogens is 222 g/mol. The first kappa shape index (κ1) is 12.7. The van der Waals surface area contributed by atoms with E-state index in [0.717, 1.165) is 30.7 Å². The maximum absolute atomic E-state index is 6.13. The van der Waals surface area contributed by atoms with Gasteiger partial charge in [-0.25, -0.2) is 0 Å². The Morgan fingerprint density at radius 2 is 1.83 bits per heavy atom. The Balaban J connectivity index is 1.92. The zero-order valence-corrected chi connectivity index (χ0v) is 10.7. The third-order valence-corrected chi connectivity index (χ3v) is 2.96. The topological polar surface area (TPSA) is 51.8 Å². The number of hydrogen-bond donors (Lipinski definition) is 1. The molecule has 3 heteroatoms. The van der Waals surface area contributed by atoms with Crippen LogP contribution in [0.3, 0.4) is 0 Å². The molecule has 1 unspecified atom stereocenters. The third kappa shape index (κ3) is 3.64. The molecule has 0 fully saturated rings. The molecule has 2 heterocycles. The van der Waals surface area contributed by atoms with Crippen molar-refractivity contribution >= 4 is 0 Å². The Bertz CT molecular complexity index is 465. The van der Waals surface area contributed by atoms with Crippen LogP contribution in [-0.2, 0) is 19.3 Å². The summed E-state index contributed by atoms with van der Waals surface area (Å²) in [5.74, 6) is 0. The molecule has 2 aromatic heterocycles. The molecule has 0 aliphatic carbocycles. The summed E-state index contributed by atoms with van der Waals surface area (Å²) < 4.78 is 0. The lowest BCUT2D eigenvalue weighted by atomic mass is 10.1. The minimum atomic E-state index is 0.0693. The summed E-state index contributed by atoms with van der Waals surface area (Å²) >= 11 is 0. The highest BCUT2D eigenvalue weighted by molar-refractivity contribution is 5.15. The van der Waals surface area contributed by atoms with Crippen LogP contribution in [-0.4, -0.2) is 16.0 Å². The van der Waals surface area contributed by atoms with Gasteiger partial charge in [-0.2, -0.15) is 0 Å². The lowest BCUT2D eigenvalue weighted by Crippen LogP contribution is -2.26. The Morgan fingerprint density at radius 3 is 2.39 bits per heavy atom. The van der Waals surface area contributed by atoms with Crippen molar-refractivity contribution < 1.29 is 0 Å². The third-order valence-electron chi connectivity index (χ3n) is 2.96. The van der Waals surface area contributed by atoms with Crippen molar-refractivity contribution in [1.82, 2.24) is 9.97 Å². The van der Waals surface area contributed by atoms with Crippen molar-refractivity contribution in [3.63, 3.8) is 0 Å². The molecule has 0 bridgehead atoms. The fourth-order valence-electron chi connectivity index (χ4n) is 1.91. The lowest BCUT2D eigenvalue weighted by molar-refractivity contribution is 0.644. The van der Waals surface area contributed by atoms with E-state index in [-0.39, 0.29) is 6.04 Å². The van der Waals surface area contributed by atoms with Crippen LogP contribution in [0.1, 0.15) is 23.9 Å². The van der Waals surface area contributed by atoms with Crippen molar-refractivity contribution in [3.8, 4) is 0 Å². The van der Waals surface area contributed by atoms with Gasteiger partial charge >= 0.3 is 0 Å². The second-order valence-corrected chi connectivity index (χ2v) is 4.50. The molecule has 18 heavy (non-hydrogen) atoms. The quantitative estimate of drug-likeness (QED) is 0.872. The van der Waals surface area contributed by atoms with Gasteiger partial charge in [0.25, 0.3) is 0 Å². The first-order valence-corrected chi connectivity index (χ1v) is 6.37. The largest absolute Gasteiger partial charge is 0.327 e. The minimum absolute atomic E-state index is 0.0693. The van der Waals surface area contributed by atoms with Crippen molar-refractivity contribution in [2.45, 2.75) is 32.2 Å². The zero-order valence-electron chi connectivity index (χ0n) is 10.7. The summed E-state index contributed by atoms with van der Waals surface area (Å²) in [6.45, 7) is 2.13. The molecular formula is C15H19N3. The van der Waals surface area contributed by atoms with Crippen LogP contribution < -0.4 is 5.73 Å². The van der Waals surface area contributed by atoms with E-state index in [1.54, 1.807) is 6.20 Å². The molecule has 2 aromatic rings. The summed E-state index contributed by atoms with van der Waals surface area (Å²) in [5, 5.41) is 0. The van der Waals surface area contributed by atoms with Gasteiger partial charge in [0.15, 0.2) is 0 Å². The van der Waals surface area contributed by atoms with Gasteiger partial charge in [-0.15, -0.1) is 0 Å². The summed E-state index contributed by atoms with van der Waals surface area (Å²) in [7, 11) is 0. The van der Waals surface area contributed by atoms with Crippen molar-refractivity contribution in [1.29, 1.82) is 0 Å². The number of pyridine rings is 2. The fraction of sp³-hybridized carbons (Fsp3) is 0.333. The van der Waals surface area contributed by atoms with Gasteiger partial charge in [0.1, 0.15) is 0 Å². The first-order valence-electron chi connectivity index (χ1n) is 6.37. The number of aryl methyl sites for hydroxylation is 1. The molecule has 94 valence electrons. The SMILES string of the molecule is CCc1ccc(CC(N)Cc2ccccn2)nc1. The molecule has 2 N–H and O–H groups in total. The molecule has 1 atom stereocenters. The van der Waals surface area contributed by atoms with Gasteiger partial charge in [-0.3, -0.25) is 9.97 Å². The average molecular weight is 241 g/mol. The molecule has 0 saturated heterocycles. The molecule has 3 nitrogen and oxygen atoms in total. The molecule has 2 rings (SSSR count). The van der Waals surface area contributed by atoms with E-state index < -0.39 is 0 Å². The number of nitrogens with two attached hydrogens (primary N) is 1. The molecule has 0 aliphatic heterocycles. The van der Waals surface area contributed by atoms with Crippen LogP contribution in [0.25, 0.3) is 0 Å². The summed E-state index contributed by atoms with van der Waals surface area (Å²) in [5.41, 5.74) is 9.48. The van der Waals surface area contributed by atoms with Crippen molar-refractivity contribution in [2.24, 2.45) is 5.73 Å². The number of rotatable bonds is 5. The van der Waals surface area contributed by atoms with Gasteiger partial charge in [-0.05, 0) is 30.2 Å². The second-order valence-electron chi connectivity index (χ2n) is 4.50. The maximum Gasteiger partial charge on any atom is 0.0419 e. The van der Waals surface area contributed by atoms with Crippen LogP contribution in [0.4, 0.5) is 0 Å². The van der Waals surface area contributed by atoms with Crippen LogP contribution in [0.2, 0.25) is 0 Å². The van der Waals surface area contributed by atoms with E-state index in [4.69, 9.17) is 5.73 Å². The first-order chi connectivity index (χ1) is 8.78. The fourth-order valence-corrected chi connectivity index (χ4v) is 1.91. The van der Waals surface area contributed by atoms with Crippen LogP contribution in [0.5, 0.6) is 0 Å². The van der Waals surface area contributed by atoms with E-state index in [9.17, 15) is 0 Å². The standard InChI is InChI=1S/C15H19N3/c1-2-12-6-7-15(18-11-12)10-13(16)9-14-5-3-4-8-17-14/h3-8,11,13H,2,9-10,16H2,1H3. The van der Waals surface area contributed by atoms with E-state index in [0.29, 0.717) is 0 Å². The second kappa shape index (κ2) is 6.26. The Morgan fingerprint density at radius 1 is 1.06 bits per heavy atom. The van der Waals surface area contributed by atoms with Gasteiger partial charge < -0.3 is 5.73 Å². The van der Waals surface area contributed by atoms with E-state index in [2.05, 4.69) is 29.0 Å². The molecule has 0 radical (unpaired) electrons. The monoisotopic (exact) mass is 241 g/mol. The van der Waals surface area contributed by atoms with E-state index >= 15 is 0 Å². The summed E-state index contributed by atoms with van der Waals surface area (Å²) in [6, 6.07) is 10.2. The number of aromatic nitrogens is 2. The average Bonchev–Trinajstić information content (AvgIpc) is 2.40. The maximum atomic E-state index is 6.13. The smallest absolute Gasteiger partial charge is 0.0419 e. The predicted octanol–water partition coefficient (Wildman–Crippen LogP) is 2.15. The lowest BCUT2D eigenvalue weighted by Gasteiger charge is -2.10. The zero-order chi connectivity index (χ0) is 12.8. The van der Waals surface area contributed by atoms with E-state index in [1.165, 1.54) is 5.56 Å². The molecule has 0 saturated carbocycles. The van der Waals surface area contributed by atoms with Gasteiger partial charge in [0.05, 0.1) is 0 Å². The van der Waals surface area contributed by atoms with Gasteiger partial charge in [0, 0.05) is 42.7 Å². The number of hydrogen-bond acceptors (Lipinski definition) is 3. The van der Waals surface area contributed by atoms with Crippen molar-refractivity contribution in [2.75, 3.05) is 0 Å². The summed E-state index contributed by atoms with van der Waals surface area (Å²) in [4.78, 5) is 8.72. The Labute approximate surface area is 108 Å². The normalized spacial score (nSPS) is 12.3. The Hall–Kier alpha value is -1.74. The Kier molecular flexibility index (Phi) is 4.42. The van der Waals surface area contributed by atoms with E-state index in [1.807, 2.05) is 24.4 Å². The molecule has 0 spiro atoms. The minimum Gasteiger partial charge on any atom is -0.327 e. The molecule has 0 amide bonds. The van der Waals surface area contributed by atoms with Crippen LogP contribution in [0, 0.1) is 0 Å². The highest BCUT2D eigenvalue weighted by Crippen LogP contribution is 2.06. The number of nitrogens with zero attached hydrogens (tertiary/aromatic N) is 2. The van der Waals surface area contributed by atoms with Crippen LogP contribution in [0.15, 0.2) is 42.7 Å².